The molecule has 1 N–H and O–H groups in total. The van der Waals surface area contributed by atoms with Gasteiger partial charge in [-0.1, -0.05) is 25.4 Å². The Morgan fingerprint density at radius 1 is 1.53 bits per heavy atom. The highest BCUT2D eigenvalue weighted by molar-refractivity contribution is 6.31. The number of carbonyl (C=O) groups is 1. The summed E-state index contributed by atoms with van der Waals surface area (Å²) in [5.74, 6) is -0.760. The summed E-state index contributed by atoms with van der Waals surface area (Å²) in [4.78, 5) is 22.1. The number of halogens is 1. The third-order valence-corrected chi connectivity index (χ3v) is 2.73. The number of hydrogen-bond acceptors (Lipinski definition) is 4. The Labute approximate surface area is 115 Å². The predicted octanol–water partition coefficient (Wildman–Crippen LogP) is 2.53. The van der Waals surface area contributed by atoms with E-state index in [-0.39, 0.29) is 22.2 Å². The highest BCUT2D eigenvalue weighted by atomic mass is 35.5. The molecule has 0 aliphatic heterocycles. The van der Waals surface area contributed by atoms with Gasteiger partial charge in [-0.2, -0.15) is 5.26 Å². The molecule has 1 aromatic carbocycles. The first-order valence-corrected chi connectivity index (χ1v) is 5.89. The maximum Gasteiger partial charge on any atom is 0.283 e. The summed E-state index contributed by atoms with van der Waals surface area (Å²) in [6.45, 7) is 3.54. The van der Waals surface area contributed by atoms with Crippen LogP contribution in [-0.2, 0) is 0 Å². The van der Waals surface area contributed by atoms with Crippen LogP contribution in [0.4, 0.5) is 5.69 Å². The zero-order valence-electron chi connectivity index (χ0n) is 10.4. The van der Waals surface area contributed by atoms with Gasteiger partial charge in [0.2, 0.25) is 0 Å². The molecule has 0 heterocycles. The van der Waals surface area contributed by atoms with Gasteiger partial charge in [-0.3, -0.25) is 14.9 Å². The third kappa shape index (κ3) is 3.66. The minimum atomic E-state index is -0.706. The lowest BCUT2D eigenvalue weighted by atomic mass is 10.0. The Bertz CT molecular complexity index is 552. The van der Waals surface area contributed by atoms with Crippen LogP contribution in [0.15, 0.2) is 18.2 Å². The van der Waals surface area contributed by atoms with Crippen LogP contribution in [0.25, 0.3) is 0 Å². The lowest BCUT2D eigenvalue weighted by molar-refractivity contribution is -0.385. The molecule has 0 bridgehead atoms. The van der Waals surface area contributed by atoms with E-state index in [0.29, 0.717) is 0 Å². The average molecular weight is 282 g/mol. The van der Waals surface area contributed by atoms with Crippen molar-refractivity contribution in [3.8, 4) is 6.07 Å². The maximum absolute atomic E-state index is 11.9. The van der Waals surface area contributed by atoms with Crippen molar-refractivity contribution in [3.63, 3.8) is 0 Å². The molecule has 19 heavy (non-hydrogen) atoms. The van der Waals surface area contributed by atoms with Crippen LogP contribution < -0.4 is 5.32 Å². The molecule has 0 aliphatic rings. The fraction of sp³-hybridized carbons (Fsp3) is 0.333. The van der Waals surface area contributed by atoms with E-state index in [1.165, 1.54) is 12.1 Å². The summed E-state index contributed by atoms with van der Waals surface area (Å²) in [6, 6.07) is 4.99. The van der Waals surface area contributed by atoms with Crippen molar-refractivity contribution in [2.45, 2.75) is 19.9 Å². The third-order valence-electron chi connectivity index (χ3n) is 2.49. The first kappa shape index (κ1) is 14.9. The largest absolute Gasteiger partial charge is 0.336 e. The summed E-state index contributed by atoms with van der Waals surface area (Å²) >= 11 is 5.66. The minimum Gasteiger partial charge on any atom is -0.336 e. The lowest BCUT2D eigenvalue weighted by Gasteiger charge is -2.14. The van der Waals surface area contributed by atoms with E-state index in [1.807, 2.05) is 6.07 Å². The summed E-state index contributed by atoms with van der Waals surface area (Å²) < 4.78 is 0. The van der Waals surface area contributed by atoms with Crippen LogP contribution in [0, 0.1) is 27.4 Å². The Hall–Kier alpha value is -2.13. The van der Waals surface area contributed by atoms with Crippen LogP contribution in [-0.4, -0.2) is 16.9 Å². The van der Waals surface area contributed by atoms with Crippen LogP contribution >= 0.6 is 11.6 Å². The van der Waals surface area contributed by atoms with E-state index >= 15 is 0 Å². The Morgan fingerprint density at radius 3 is 2.63 bits per heavy atom. The van der Waals surface area contributed by atoms with Crippen LogP contribution in [0.3, 0.4) is 0 Å². The first-order valence-electron chi connectivity index (χ1n) is 5.51. The van der Waals surface area contributed by atoms with Crippen molar-refractivity contribution in [1.29, 1.82) is 5.26 Å². The molecule has 0 saturated carbocycles. The molecule has 0 aliphatic carbocycles. The number of hydrogen-bond donors (Lipinski definition) is 1. The standard InChI is InChI=1S/C12H12ClN3O3/c1-7(2)10(6-14)15-12(17)9-4-3-8(13)5-11(9)16(18)19/h3-5,7,10H,1-2H3,(H,15,17). The second-order valence-corrected chi connectivity index (χ2v) is 4.68. The lowest BCUT2D eigenvalue weighted by Crippen LogP contribution is -2.37. The van der Waals surface area contributed by atoms with Crippen LogP contribution in [0.5, 0.6) is 0 Å². The number of nitro benzene ring substituents is 1. The molecule has 0 fully saturated rings. The number of nitrogens with zero attached hydrogens (tertiary/aromatic N) is 2. The SMILES string of the molecule is CC(C)C(C#N)NC(=O)c1ccc(Cl)cc1[N+](=O)[O-]. The van der Waals surface area contributed by atoms with Crippen LogP contribution in [0.1, 0.15) is 24.2 Å². The molecule has 0 spiro atoms. The van der Waals surface area contributed by atoms with E-state index in [2.05, 4.69) is 5.32 Å². The van der Waals surface area contributed by atoms with Crippen molar-refractivity contribution in [1.82, 2.24) is 5.32 Å². The topological polar surface area (TPSA) is 96.0 Å². The quantitative estimate of drug-likeness (QED) is 0.677. The van der Waals surface area contributed by atoms with Gasteiger partial charge in [0.05, 0.1) is 11.0 Å². The molecule has 1 unspecified atom stereocenters. The van der Waals surface area contributed by atoms with Gasteiger partial charge in [-0.15, -0.1) is 0 Å². The summed E-state index contributed by atoms with van der Waals surface area (Å²) in [5, 5.41) is 22.4. The second kappa shape index (κ2) is 6.16. The number of rotatable bonds is 4. The van der Waals surface area contributed by atoms with Gasteiger partial charge in [0, 0.05) is 11.1 Å². The van der Waals surface area contributed by atoms with Gasteiger partial charge in [-0.05, 0) is 18.1 Å². The summed E-state index contributed by atoms with van der Waals surface area (Å²) in [7, 11) is 0. The van der Waals surface area contributed by atoms with Gasteiger partial charge < -0.3 is 5.32 Å². The van der Waals surface area contributed by atoms with Gasteiger partial charge in [0.25, 0.3) is 11.6 Å². The summed E-state index contributed by atoms with van der Waals surface area (Å²) in [6.07, 6.45) is 0. The molecule has 1 rings (SSSR count). The molecular formula is C12H12ClN3O3. The molecule has 1 atom stereocenters. The van der Waals surface area contributed by atoms with Crippen molar-refractivity contribution in [2.24, 2.45) is 5.92 Å². The highest BCUT2D eigenvalue weighted by Crippen LogP contribution is 2.23. The Morgan fingerprint density at radius 2 is 2.16 bits per heavy atom. The van der Waals surface area contributed by atoms with E-state index in [4.69, 9.17) is 16.9 Å². The van der Waals surface area contributed by atoms with Gasteiger partial charge in [0.15, 0.2) is 0 Å². The van der Waals surface area contributed by atoms with Crippen molar-refractivity contribution in [3.05, 3.63) is 38.9 Å². The zero-order valence-corrected chi connectivity index (χ0v) is 11.1. The normalized spacial score (nSPS) is 11.7. The Kier molecular flexibility index (Phi) is 4.84. The second-order valence-electron chi connectivity index (χ2n) is 4.24. The molecular weight excluding hydrogens is 270 g/mol. The molecule has 6 nitrogen and oxygen atoms in total. The number of nitriles is 1. The molecule has 100 valence electrons. The molecule has 0 radical (unpaired) electrons. The monoisotopic (exact) mass is 281 g/mol. The summed E-state index contributed by atoms with van der Waals surface area (Å²) in [5.41, 5.74) is -0.499. The smallest absolute Gasteiger partial charge is 0.283 e. The molecule has 7 heteroatoms. The van der Waals surface area contributed by atoms with E-state index < -0.39 is 16.9 Å². The van der Waals surface area contributed by atoms with E-state index in [0.717, 1.165) is 6.07 Å². The van der Waals surface area contributed by atoms with Gasteiger partial charge in [0.1, 0.15) is 11.6 Å². The van der Waals surface area contributed by atoms with Crippen molar-refractivity contribution in [2.75, 3.05) is 0 Å². The zero-order chi connectivity index (χ0) is 14.6. The van der Waals surface area contributed by atoms with Gasteiger partial charge in [-0.25, -0.2) is 0 Å². The van der Waals surface area contributed by atoms with Crippen molar-refractivity contribution < 1.29 is 9.72 Å². The highest BCUT2D eigenvalue weighted by Gasteiger charge is 2.23. The number of amides is 1. The number of nitrogens with one attached hydrogen (secondary N) is 1. The Balaban J connectivity index is 3.07. The number of nitro groups is 1. The average Bonchev–Trinajstić information content (AvgIpc) is 2.34. The maximum atomic E-state index is 11.9. The molecule has 1 aromatic rings. The minimum absolute atomic E-state index is 0.0969. The predicted molar refractivity (Wildman–Crippen MR) is 69.8 cm³/mol. The van der Waals surface area contributed by atoms with E-state index in [9.17, 15) is 14.9 Å². The fourth-order valence-electron chi connectivity index (χ4n) is 1.41. The van der Waals surface area contributed by atoms with Gasteiger partial charge >= 0.3 is 0 Å². The van der Waals surface area contributed by atoms with Crippen LogP contribution in [0.2, 0.25) is 5.02 Å². The van der Waals surface area contributed by atoms with Crippen molar-refractivity contribution >= 4 is 23.2 Å². The molecule has 1 amide bonds. The number of carbonyl (C=O) groups excluding carboxylic acids is 1. The fourth-order valence-corrected chi connectivity index (χ4v) is 1.58. The van der Waals surface area contributed by atoms with E-state index in [1.54, 1.807) is 13.8 Å². The molecule has 0 saturated heterocycles. The number of benzene rings is 1. The first-order chi connectivity index (χ1) is 8.86. The molecule has 0 aromatic heterocycles.